The van der Waals surface area contributed by atoms with Gasteiger partial charge < -0.3 is 15.3 Å². The fourth-order valence-electron chi connectivity index (χ4n) is 2.53. The molecular weight excluding hydrogens is 264 g/mol. The van der Waals surface area contributed by atoms with E-state index in [9.17, 15) is 4.79 Å². The second kappa shape index (κ2) is 4.49. The third-order valence-electron chi connectivity index (χ3n) is 3.53. The minimum Gasteiger partial charge on any atom is -0.361 e. The van der Waals surface area contributed by atoms with Crippen molar-refractivity contribution >= 4 is 33.5 Å². The van der Waals surface area contributed by atoms with Crippen molar-refractivity contribution in [2.24, 2.45) is 0 Å². The number of nitrogens with one attached hydrogen (secondary N) is 3. The molecule has 0 saturated carbocycles. The monoisotopic (exact) mass is 276 g/mol. The molecule has 0 aliphatic carbocycles. The van der Waals surface area contributed by atoms with Crippen LogP contribution in [0.2, 0.25) is 0 Å². The van der Waals surface area contributed by atoms with Gasteiger partial charge in [0.2, 0.25) is 0 Å². The summed E-state index contributed by atoms with van der Waals surface area (Å²) in [7, 11) is 0. The van der Waals surface area contributed by atoms with Gasteiger partial charge in [-0.1, -0.05) is 18.2 Å². The molecule has 102 valence electrons. The van der Waals surface area contributed by atoms with Gasteiger partial charge in [0.25, 0.3) is 5.91 Å². The molecule has 2 heterocycles. The van der Waals surface area contributed by atoms with Gasteiger partial charge in [0.05, 0.1) is 28.6 Å². The molecule has 0 aliphatic rings. The standard InChI is InChI=1S/C16H12N4O/c21-16(11-4-1-3-10-7-8-17-14(10)11)20-13-6-2-5-12-15(13)19-9-18-12/h1-9,17H,(H,18,19)(H,20,21). The van der Waals surface area contributed by atoms with Crippen LogP contribution in [0.25, 0.3) is 21.9 Å². The Morgan fingerprint density at radius 3 is 2.90 bits per heavy atom. The highest BCUT2D eigenvalue weighted by Crippen LogP contribution is 2.22. The fourth-order valence-corrected chi connectivity index (χ4v) is 2.53. The zero-order valence-electron chi connectivity index (χ0n) is 11.1. The van der Waals surface area contributed by atoms with Crippen molar-refractivity contribution < 1.29 is 4.79 Å². The lowest BCUT2D eigenvalue weighted by Gasteiger charge is -2.07. The molecule has 0 saturated heterocycles. The van der Waals surface area contributed by atoms with Crippen molar-refractivity contribution in [1.29, 1.82) is 0 Å². The van der Waals surface area contributed by atoms with E-state index in [1.54, 1.807) is 12.4 Å². The van der Waals surface area contributed by atoms with Crippen LogP contribution in [-0.4, -0.2) is 20.9 Å². The van der Waals surface area contributed by atoms with E-state index in [0.717, 1.165) is 21.9 Å². The molecule has 0 aliphatic heterocycles. The molecule has 3 N–H and O–H groups in total. The first-order chi connectivity index (χ1) is 10.3. The first kappa shape index (κ1) is 11.7. The third kappa shape index (κ3) is 1.87. The van der Waals surface area contributed by atoms with Gasteiger partial charge in [0.1, 0.15) is 5.52 Å². The number of carbonyl (C=O) groups excluding carboxylic acids is 1. The number of para-hydroxylation sites is 2. The molecule has 0 spiro atoms. The Morgan fingerprint density at radius 1 is 1.05 bits per heavy atom. The third-order valence-corrected chi connectivity index (χ3v) is 3.53. The average molecular weight is 276 g/mol. The Kier molecular flexibility index (Phi) is 2.50. The Labute approximate surface area is 120 Å². The van der Waals surface area contributed by atoms with Gasteiger partial charge in [-0.15, -0.1) is 0 Å². The van der Waals surface area contributed by atoms with E-state index in [1.807, 2.05) is 42.6 Å². The summed E-state index contributed by atoms with van der Waals surface area (Å²) in [5, 5.41) is 3.94. The summed E-state index contributed by atoms with van der Waals surface area (Å²) in [4.78, 5) is 22.9. The summed E-state index contributed by atoms with van der Waals surface area (Å²) in [5.41, 5.74) is 3.80. The van der Waals surface area contributed by atoms with Crippen LogP contribution >= 0.6 is 0 Å². The maximum absolute atomic E-state index is 12.5. The number of anilines is 1. The lowest BCUT2D eigenvalue weighted by Crippen LogP contribution is -2.12. The van der Waals surface area contributed by atoms with Gasteiger partial charge >= 0.3 is 0 Å². The average Bonchev–Trinajstić information content (AvgIpc) is 3.15. The van der Waals surface area contributed by atoms with Gasteiger partial charge in [0, 0.05) is 11.6 Å². The lowest BCUT2D eigenvalue weighted by molar-refractivity contribution is 0.102. The molecule has 4 rings (SSSR count). The van der Waals surface area contributed by atoms with Crippen LogP contribution in [0.4, 0.5) is 5.69 Å². The summed E-state index contributed by atoms with van der Waals surface area (Å²) in [5.74, 6) is -0.154. The summed E-state index contributed by atoms with van der Waals surface area (Å²) in [6.45, 7) is 0. The highest BCUT2D eigenvalue weighted by molar-refractivity contribution is 6.13. The Bertz CT molecular complexity index is 951. The molecule has 0 atom stereocenters. The van der Waals surface area contributed by atoms with Crippen molar-refractivity contribution in [3.63, 3.8) is 0 Å². The molecule has 0 radical (unpaired) electrons. The highest BCUT2D eigenvalue weighted by atomic mass is 16.1. The predicted octanol–water partition coefficient (Wildman–Crippen LogP) is 3.30. The first-order valence-electron chi connectivity index (χ1n) is 6.62. The van der Waals surface area contributed by atoms with Crippen LogP contribution in [-0.2, 0) is 0 Å². The van der Waals surface area contributed by atoms with Gasteiger partial charge in [-0.05, 0) is 24.3 Å². The van der Waals surface area contributed by atoms with E-state index >= 15 is 0 Å². The van der Waals surface area contributed by atoms with Crippen molar-refractivity contribution in [1.82, 2.24) is 15.0 Å². The molecule has 5 nitrogen and oxygen atoms in total. The van der Waals surface area contributed by atoms with E-state index in [4.69, 9.17) is 0 Å². The van der Waals surface area contributed by atoms with Gasteiger partial charge in [0.15, 0.2) is 0 Å². The molecule has 21 heavy (non-hydrogen) atoms. The normalized spacial score (nSPS) is 11.0. The van der Waals surface area contributed by atoms with Gasteiger partial charge in [-0.2, -0.15) is 0 Å². The number of aromatic nitrogens is 3. The molecule has 0 unspecified atom stereocenters. The Morgan fingerprint density at radius 2 is 1.95 bits per heavy atom. The largest absolute Gasteiger partial charge is 0.361 e. The maximum atomic E-state index is 12.5. The van der Waals surface area contributed by atoms with Gasteiger partial charge in [-0.25, -0.2) is 4.98 Å². The van der Waals surface area contributed by atoms with Crippen LogP contribution in [0.15, 0.2) is 55.0 Å². The predicted molar refractivity (Wildman–Crippen MR) is 82.3 cm³/mol. The number of aromatic amines is 2. The van der Waals surface area contributed by atoms with Gasteiger partial charge in [-0.3, -0.25) is 4.79 Å². The number of H-pyrrole nitrogens is 2. The minimum atomic E-state index is -0.154. The topological polar surface area (TPSA) is 73.6 Å². The molecule has 4 aromatic rings. The number of fused-ring (bicyclic) bond motifs is 2. The SMILES string of the molecule is O=C(Nc1cccc2[nH]cnc12)c1cccc2cc[nH]c12. The van der Waals surface area contributed by atoms with E-state index in [0.29, 0.717) is 11.3 Å². The number of hydrogen-bond donors (Lipinski definition) is 3. The number of hydrogen-bond acceptors (Lipinski definition) is 2. The molecule has 0 bridgehead atoms. The Balaban J connectivity index is 1.76. The zero-order chi connectivity index (χ0) is 14.2. The van der Waals surface area contributed by atoms with Crippen molar-refractivity contribution in [2.75, 3.05) is 5.32 Å². The number of imidazole rings is 1. The van der Waals surface area contributed by atoms with Crippen LogP contribution in [0.5, 0.6) is 0 Å². The van der Waals surface area contributed by atoms with Crippen molar-refractivity contribution in [3.8, 4) is 0 Å². The smallest absolute Gasteiger partial charge is 0.257 e. The van der Waals surface area contributed by atoms with Crippen LogP contribution in [0.3, 0.4) is 0 Å². The fraction of sp³-hybridized carbons (Fsp3) is 0. The first-order valence-corrected chi connectivity index (χ1v) is 6.62. The number of carbonyl (C=O) groups is 1. The summed E-state index contributed by atoms with van der Waals surface area (Å²) in [6.07, 6.45) is 3.45. The molecule has 0 fully saturated rings. The minimum absolute atomic E-state index is 0.154. The number of nitrogens with zero attached hydrogens (tertiary/aromatic N) is 1. The quantitative estimate of drug-likeness (QED) is 0.525. The molecular formula is C16H12N4O. The second-order valence-electron chi connectivity index (χ2n) is 4.81. The number of amides is 1. The summed E-state index contributed by atoms with van der Waals surface area (Å²) >= 11 is 0. The van der Waals surface area contributed by atoms with E-state index in [2.05, 4.69) is 20.3 Å². The summed E-state index contributed by atoms with van der Waals surface area (Å²) < 4.78 is 0. The number of rotatable bonds is 2. The lowest BCUT2D eigenvalue weighted by atomic mass is 10.1. The van der Waals surface area contributed by atoms with E-state index < -0.39 is 0 Å². The molecule has 5 heteroatoms. The molecule has 1 amide bonds. The zero-order valence-corrected chi connectivity index (χ0v) is 11.1. The van der Waals surface area contributed by atoms with Crippen molar-refractivity contribution in [3.05, 3.63) is 60.6 Å². The van der Waals surface area contributed by atoms with E-state index in [1.165, 1.54) is 0 Å². The van der Waals surface area contributed by atoms with E-state index in [-0.39, 0.29) is 5.91 Å². The number of benzene rings is 2. The summed E-state index contributed by atoms with van der Waals surface area (Å²) in [6, 6.07) is 13.2. The van der Waals surface area contributed by atoms with Crippen molar-refractivity contribution in [2.45, 2.75) is 0 Å². The van der Waals surface area contributed by atoms with Crippen LogP contribution in [0, 0.1) is 0 Å². The second-order valence-corrected chi connectivity index (χ2v) is 4.81. The highest BCUT2D eigenvalue weighted by Gasteiger charge is 2.12. The molecule has 2 aromatic heterocycles. The maximum Gasteiger partial charge on any atom is 0.257 e. The Hall–Kier alpha value is -3.08. The van der Waals surface area contributed by atoms with Crippen LogP contribution < -0.4 is 5.32 Å². The molecule has 2 aromatic carbocycles. The van der Waals surface area contributed by atoms with Crippen LogP contribution in [0.1, 0.15) is 10.4 Å².